The van der Waals surface area contributed by atoms with Gasteiger partial charge in [-0.1, -0.05) is 23.2 Å². The molecule has 3 aromatic heterocycles. The molecule has 0 radical (unpaired) electrons. The number of aryl methyl sites for hydroxylation is 1. The molecule has 1 amide bonds. The van der Waals surface area contributed by atoms with Crippen LogP contribution in [0.1, 0.15) is 72.4 Å². The standard InChI is InChI=1S/C32H40Cl2N8O4/c1-7-40(31(44)46-32(2,3)4)21-16-17-11-14-20(21)41(17)30-35-28-24(29(43)38(30)5)26(37-42(28)22-10-8-9-15-45-22)18-12-13-19-23(25(18)33)27(34)39(6)36-19/h12-13,17,20-22H,7-11,14-16H2,1-6H3/t17-,20+,21+,22?/m0/s1. The second-order valence-corrected chi connectivity index (χ2v) is 14.3. The number of hydrogen-bond acceptors (Lipinski definition) is 8. The van der Waals surface area contributed by atoms with E-state index >= 15 is 0 Å². The van der Waals surface area contributed by atoms with Crippen LogP contribution in [0.2, 0.25) is 10.2 Å². The van der Waals surface area contributed by atoms with Gasteiger partial charge in [-0.05, 0) is 78.4 Å². The van der Waals surface area contributed by atoms with Gasteiger partial charge in [-0.3, -0.25) is 14.0 Å². The highest BCUT2D eigenvalue weighted by Crippen LogP contribution is 2.44. The van der Waals surface area contributed by atoms with Crippen LogP contribution in [0, 0.1) is 0 Å². The van der Waals surface area contributed by atoms with Gasteiger partial charge in [0.25, 0.3) is 5.56 Å². The van der Waals surface area contributed by atoms with Crippen LogP contribution in [-0.2, 0) is 23.6 Å². The molecule has 6 heterocycles. The van der Waals surface area contributed by atoms with Gasteiger partial charge in [-0.2, -0.15) is 15.2 Å². The number of halogens is 2. The molecule has 7 rings (SSSR count). The number of aromatic nitrogens is 6. The van der Waals surface area contributed by atoms with E-state index in [0.717, 1.165) is 38.5 Å². The average molecular weight is 672 g/mol. The van der Waals surface area contributed by atoms with Crippen LogP contribution >= 0.6 is 23.2 Å². The summed E-state index contributed by atoms with van der Waals surface area (Å²) in [7, 11) is 3.51. The number of likely N-dealkylation sites (N-methyl/N-ethyl adjacent to an activating group) is 1. The van der Waals surface area contributed by atoms with Gasteiger partial charge in [0.05, 0.1) is 28.0 Å². The Morgan fingerprint density at radius 2 is 1.89 bits per heavy atom. The topological polar surface area (TPSA) is 113 Å². The first-order valence-electron chi connectivity index (χ1n) is 16.1. The van der Waals surface area contributed by atoms with Crippen LogP contribution < -0.4 is 10.5 Å². The number of nitrogens with zero attached hydrogens (tertiary/aromatic N) is 8. The van der Waals surface area contributed by atoms with Crippen molar-refractivity contribution < 1.29 is 14.3 Å². The summed E-state index contributed by atoms with van der Waals surface area (Å²) in [6.07, 6.45) is 4.64. The maximum absolute atomic E-state index is 14.4. The molecule has 246 valence electrons. The van der Waals surface area contributed by atoms with E-state index < -0.39 is 5.60 Å². The van der Waals surface area contributed by atoms with Gasteiger partial charge in [-0.25, -0.2) is 9.48 Å². The van der Waals surface area contributed by atoms with E-state index in [1.165, 1.54) is 0 Å². The van der Waals surface area contributed by atoms with Crippen LogP contribution in [0.4, 0.5) is 10.7 Å². The van der Waals surface area contributed by atoms with Crippen molar-refractivity contribution in [1.82, 2.24) is 34.0 Å². The highest BCUT2D eigenvalue weighted by Gasteiger charge is 2.51. The highest BCUT2D eigenvalue weighted by molar-refractivity contribution is 6.43. The number of benzene rings is 1. The third-order valence-electron chi connectivity index (χ3n) is 9.57. The Bertz CT molecular complexity index is 1900. The summed E-state index contributed by atoms with van der Waals surface area (Å²) in [6, 6.07) is 3.75. The number of ether oxygens (including phenoxy) is 2. The monoisotopic (exact) mass is 670 g/mol. The van der Waals surface area contributed by atoms with Gasteiger partial charge in [-0.15, -0.1) is 0 Å². The number of anilines is 1. The minimum atomic E-state index is -0.592. The Morgan fingerprint density at radius 1 is 1.11 bits per heavy atom. The summed E-state index contributed by atoms with van der Waals surface area (Å²) in [6.45, 7) is 8.75. The SMILES string of the molecule is CCN(C(=O)OC(C)(C)C)[C@@H]1C[C@@H]2CC[C@H]1N2c1nc2c(c(-c3ccc4nn(C)c(Cl)c4c3Cl)nn2C2CCCCO2)c(=O)n1C. The molecule has 3 aliphatic heterocycles. The maximum Gasteiger partial charge on any atom is 0.410 e. The predicted molar refractivity (Wildman–Crippen MR) is 178 cm³/mol. The molecule has 3 fully saturated rings. The Hall–Kier alpha value is -3.35. The lowest BCUT2D eigenvalue weighted by molar-refractivity contribution is -0.0368. The van der Waals surface area contributed by atoms with Crippen molar-refractivity contribution in [3.05, 3.63) is 32.7 Å². The van der Waals surface area contributed by atoms with E-state index in [0.29, 0.717) is 62.5 Å². The van der Waals surface area contributed by atoms with Gasteiger partial charge in [0.15, 0.2) is 11.9 Å². The molecule has 14 heteroatoms. The number of amides is 1. The molecule has 2 bridgehead atoms. The first kappa shape index (κ1) is 31.3. The van der Waals surface area contributed by atoms with E-state index in [4.69, 9.17) is 42.8 Å². The largest absolute Gasteiger partial charge is 0.444 e. The minimum absolute atomic E-state index is 0.000588. The molecular formula is C32H40Cl2N8O4. The summed E-state index contributed by atoms with van der Waals surface area (Å²) in [4.78, 5) is 37.0. The lowest BCUT2D eigenvalue weighted by Gasteiger charge is -2.35. The molecule has 0 aliphatic carbocycles. The molecule has 3 saturated heterocycles. The lowest BCUT2D eigenvalue weighted by Crippen LogP contribution is -2.49. The van der Waals surface area contributed by atoms with Crippen LogP contribution in [0.25, 0.3) is 33.2 Å². The van der Waals surface area contributed by atoms with E-state index in [-0.39, 0.29) is 36.0 Å². The molecule has 1 aromatic carbocycles. The average Bonchev–Trinajstić information content (AvgIpc) is 3.76. The summed E-state index contributed by atoms with van der Waals surface area (Å²) in [5.41, 5.74) is 1.29. The maximum atomic E-state index is 14.4. The fraction of sp³-hybridized carbons (Fsp3) is 0.594. The van der Waals surface area contributed by atoms with Gasteiger partial charge >= 0.3 is 6.09 Å². The smallest absolute Gasteiger partial charge is 0.410 e. The molecular weight excluding hydrogens is 631 g/mol. The van der Waals surface area contributed by atoms with Gasteiger partial charge in [0, 0.05) is 38.9 Å². The zero-order valence-corrected chi connectivity index (χ0v) is 28.6. The van der Waals surface area contributed by atoms with Gasteiger partial charge in [0.2, 0.25) is 5.95 Å². The summed E-state index contributed by atoms with van der Waals surface area (Å²) >= 11 is 13.6. The molecule has 3 aliphatic rings. The first-order chi connectivity index (χ1) is 21.9. The van der Waals surface area contributed by atoms with Gasteiger partial charge < -0.3 is 19.3 Å². The highest BCUT2D eigenvalue weighted by atomic mass is 35.5. The van der Waals surface area contributed by atoms with Crippen molar-refractivity contribution in [3.63, 3.8) is 0 Å². The zero-order valence-electron chi connectivity index (χ0n) is 27.1. The second kappa shape index (κ2) is 11.4. The van der Waals surface area contributed by atoms with Crippen LogP contribution in [0.3, 0.4) is 0 Å². The zero-order chi connectivity index (χ0) is 32.7. The molecule has 1 unspecified atom stereocenters. The van der Waals surface area contributed by atoms with Gasteiger partial charge in [0.1, 0.15) is 21.8 Å². The molecule has 12 nitrogen and oxygen atoms in total. The fourth-order valence-corrected chi connectivity index (χ4v) is 8.13. The number of rotatable bonds is 5. The molecule has 4 atom stereocenters. The van der Waals surface area contributed by atoms with Crippen molar-refractivity contribution in [2.24, 2.45) is 14.1 Å². The van der Waals surface area contributed by atoms with Crippen molar-refractivity contribution in [2.75, 3.05) is 18.1 Å². The summed E-state index contributed by atoms with van der Waals surface area (Å²) < 4.78 is 16.9. The van der Waals surface area contributed by atoms with Crippen molar-refractivity contribution in [2.45, 2.75) is 96.2 Å². The summed E-state index contributed by atoms with van der Waals surface area (Å²) in [5, 5.41) is 11.2. The molecule has 0 spiro atoms. The van der Waals surface area contributed by atoms with Crippen LogP contribution in [0.15, 0.2) is 16.9 Å². The quantitative estimate of drug-likeness (QED) is 0.252. The van der Waals surface area contributed by atoms with Crippen LogP contribution in [-0.4, -0.2) is 77.0 Å². The lowest BCUT2D eigenvalue weighted by atomic mass is 9.94. The Labute approximate surface area is 277 Å². The number of fused-ring (bicyclic) bond motifs is 4. The van der Waals surface area contributed by atoms with Crippen molar-refractivity contribution in [1.29, 1.82) is 0 Å². The Morgan fingerprint density at radius 3 is 2.59 bits per heavy atom. The minimum Gasteiger partial charge on any atom is -0.444 e. The molecule has 0 N–H and O–H groups in total. The normalized spacial score (nSPS) is 23.2. The van der Waals surface area contributed by atoms with Crippen molar-refractivity contribution >= 4 is 57.2 Å². The Balaban J connectivity index is 1.36. The number of hydrogen-bond donors (Lipinski definition) is 0. The number of carbonyl (C=O) groups excluding carboxylic acids is 1. The Kier molecular flexibility index (Phi) is 7.76. The third kappa shape index (κ3) is 4.95. The predicted octanol–water partition coefficient (Wildman–Crippen LogP) is 6.06. The molecule has 0 saturated carbocycles. The fourth-order valence-electron chi connectivity index (χ4n) is 7.51. The second-order valence-electron chi connectivity index (χ2n) is 13.6. The van der Waals surface area contributed by atoms with E-state index in [1.807, 2.05) is 44.7 Å². The number of carbonyl (C=O) groups is 1. The van der Waals surface area contributed by atoms with E-state index in [1.54, 1.807) is 28.0 Å². The van der Waals surface area contributed by atoms with Crippen LogP contribution in [0.5, 0.6) is 0 Å². The first-order valence-corrected chi connectivity index (χ1v) is 16.8. The van der Waals surface area contributed by atoms with E-state index in [9.17, 15) is 9.59 Å². The van der Waals surface area contributed by atoms with Crippen molar-refractivity contribution in [3.8, 4) is 11.3 Å². The van der Waals surface area contributed by atoms with E-state index in [2.05, 4.69) is 10.00 Å². The molecule has 46 heavy (non-hydrogen) atoms. The third-order valence-corrected chi connectivity index (χ3v) is 10.4. The summed E-state index contributed by atoms with van der Waals surface area (Å²) in [5.74, 6) is 0.563. The molecule has 4 aromatic rings.